The molecule has 3 rings (SSSR count). The van der Waals surface area contributed by atoms with Crippen molar-refractivity contribution in [2.24, 2.45) is 4.99 Å². The lowest BCUT2D eigenvalue weighted by Gasteiger charge is -2.21. The molecule has 2 atom stereocenters. The van der Waals surface area contributed by atoms with Crippen LogP contribution in [-0.4, -0.2) is 45.2 Å². The molecule has 2 aromatic carbocycles. The van der Waals surface area contributed by atoms with Gasteiger partial charge in [-0.25, -0.2) is 0 Å². The first-order valence-electron chi connectivity index (χ1n) is 9.11. The molecule has 1 aliphatic rings. The van der Waals surface area contributed by atoms with Crippen LogP contribution in [0.15, 0.2) is 65.7 Å². The van der Waals surface area contributed by atoms with Gasteiger partial charge in [0.15, 0.2) is 5.96 Å². The van der Waals surface area contributed by atoms with E-state index in [1.807, 2.05) is 65.6 Å². The number of aliphatic imine (C=N–C) groups is 1. The van der Waals surface area contributed by atoms with E-state index in [2.05, 4.69) is 15.6 Å². The number of methoxy groups -OCH3 is 1. The third kappa shape index (κ3) is 4.86. The predicted octanol–water partition coefficient (Wildman–Crippen LogP) is 2.34. The summed E-state index contributed by atoms with van der Waals surface area (Å²) in [6.45, 7) is 1.21. The van der Waals surface area contributed by atoms with Gasteiger partial charge in [-0.2, -0.15) is 0 Å². The first kappa shape index (κ1) is 18.9. The van der Waals surface area contributed by atoms with E-state index in [0.29, 0.717) is 25.5 Å². The van der Waals surface area contributed by atoms with E-state index in [4.69, 9.17) is 4.74 Å². The largest absolute Gasteiger partial charge is 0.375 e. The minimum Gasteiger partial charge on any atom is -0.375 e. The number of nitrogens with zero attached hydrogens (tertiary/aromatic N) is 2. The van der Waals surface area contributed by atoms with Crippen LogP contribution >= 0.6 is 0 Å². The summed E-state index contributed by atoms with van der Waals surface area (Å²) >= 11 is 0. The van der Waals surface area contributed by atoms with Crippen molar-refractivity contribution in [2.75, 3.05) is 32.1 Å². The fourth-order valence-electron chi connectivity index (χ4n) is 3.24. The van der Waals surface area contributed by atoms with Gasteiger partial charge in [0, 0.05) is 39.4 Å². The SMILES string of the molecule is CN=C(NCC(OC)c1ccccc1)NC1CC(=O)N(c2ccccc2)C1. The molecule has 2 aromatic rings. The lowest BCUT2D eigenvalue weighted by Crippen LogP contribution is -2.45. The number of rotatable bonds is 6. The van der Waals surface area contributed by atoms with Crippen LogP contribution in [0, 0.1) is 0 Å². The van der Waals surface area contributed by atoms with E-state index in [0.717, 1.165) is 11.3 Å². The van der Waals surface area contributed by atoms with Crippen LogP contribution < -0.4 is 15.5 Å². The first-order chi connectivity index (χ1) is 13.2. The monoisotopic (exact) mass is 366 g/mol. The van der Waals surface area contributed by atoms with Crippen LogP contribution in [0.1, 0.15) is 18.1 Å². The number of benzene rings is 2. The zero-order valence-corrected chi connectivity index (χ0v) is 15.8. The standard InChI is InChI=1S/C21H26N4O2/c1-22-21(23-14-19(27-2)16-9-5-3-6-10-16)24-17-13-20(26)25(15-17)18-11-7-4-8-12-18/h3-12,17,19H,13-15H2,1-2H3,(H2,22,23,24). The predicted molar refractivity (Wildman–Crippen MR) is 108 cm³/mol. The molecule has 0 aromatic heterocycles. The zero-order chi connectivity index (χ0) is 19.1. The van der Waals surface area contributed by atoms with Crippen molar-refractivity contribution in [3.63, 3.8) is 0 Å². The van der Waals surface area contributed by atoms with Crippen molar-refractivity contribution in [1.29, 1.82) is 0 Å². The van der Waals surface area contributed by atoms with Crippen molar-refractivity contribution in [2.45, 2.75) is 18.6 Å². The van der Waals surface area contributed by atoms with Gasteiger partial charge in [-0.3, -0.25) is 9.79 Å². The minimum absolute atomic E-state index is 0.0154. The number of guanidine groups is 1. The Kier molecular flexibility index (Phi) is 6.44. The van der Waals surface area contributed by atoms with Crippen LogP contribution in [0.5, 0.6) is 0 Å². The maximum Gasteiger partial charge on any atom is 0.229 e. The minimum atomic E-state index is -0.0734. The summed E-state index contributed by atoms with van der Waals surface area (Å²) in [5, 5.41) is 6.65. The second-order valence-corrected chi connectivity index (χ2v) is 6.47. The first-order valence-corrected chi connectivity index (χ1v) is 9.11. The summed E-state index contributed by atoms with van der Waals surface area (Å²) in [4.78, 5) is 18.5. The molecule has 1 amide bonds. The highest BCUT2D eigenvalue weighted by Gasteiger charge is 2.31. The number of hydrogen-bond donors (Lipinski definition) is 2. The maximum absolute atomic E-state index is 12.4. The summed E-state index contributed by atoms with van der Waals surface area (Å²) in [7, 11) is 3.42. The van der Waals surface area contributed by atoms with E-state index in [-0.39, 0.29) is 18.1 Å². The number of carbonyl (C=O) groups excluding carboxylic acids is 1. The Morgan fingerprint density at radius 3 is 2.48 bits per heavy atom. The van der Waals surface area contributed by atoms with Gasteiger partial charge in [0.25, 0.3) is 0 Å². The van der Waals surface area contributed by atoms with E-state index in [9.17, 15) is 4.79 Å². The molecule has 0 spiro atoms. The van der Waals surface area contributed by atoms with Gasteiger partial charge in [-0.05, 0) is 17.7 Å². The molecule has 142 valence electrons. The molecule has 1 aliphatic heterocycles. The average molecular weight is 366 g/mol. The molecule has 0 aliphatic carbocycles. The number of para-hydroxylation sites is 1. The Balaban J connectivity index is 1.55. The summed E-state index contributed by atoms with van der Waals surface area (Å²) < 4.78 is 5.59. The van der Waals surface area contributed by atoms with E-state index < -0.39 is 0 Å². The molecule has 27 heavy (non-hydrogen) atoms. The summed E-state index contributed by atoms with van der Waals surface area (Å²) in [6, 6.07) is 19.8. The normalized spacial score (nSPS) is 18.4. The van der Waals surface area contributed by atoms with E-state index in [1.165, 1.54) is 0 Å². The summed E-state index contributed by atoms with van der Waals surface area (Å²) in [5.74, 6) is 0.786. The summed E-state index contributed by atoms with van der Waals surface area (Å²) in [5.41, 5.74) is 2.03. The van der Waals surface area contributed by atoms with Gasteiger partial charge in [0.05, 0.1) is 12.1 Å². The van der Waals surface area contributed by atoms with Gasteiger partial charge >= 0.3 is 0 Å². The van der Waals surface area contributed by atoms with Crippen LogP contribution in [0.2, 0.25) is 0 Å². The summed E-state index contributed by atoms with van der Waals surface area (Å²) in [6.07, 6.45) is 0.373. The smallest absolute Gasteiger partial charge is 0.229 e. The quantitative estimate of drug-likeness (QED) is 0.608. The molecule has 0 radical (unpaired) electrons. The van der Waals surface area contributed by atoms with Crippen molar-refractivity contribution in [1.82, 2.24) is 10.6 Å². The van der Waals surface area contributed by atoms with E-state index >= 15 is 0 Å². The van der Waals surface area contributed by atoms with Crippen molar-refractivity contribution < 1.29 is 9.53 Å². The Labute approximate surface area is 160 Å². The number of amides is 1. The van der Waals surface area contributed by atoms with Gasteiger partial charge in [-0.15, -0.1) is 0 Å². The molecular weight excluding hydrogens is 340 g/mol. The van der Waals surface area contributed by atoms with Gasteiger partial charge in [0.1, 0.15) is 0 Å². The number of nitrogens with one attached hydrogen (secondary N) is 2. The lowest BCUT2D eigenvalue weighted by atomic mass is 10.1. The highest BCUT2D eigenvalue weighted by molar-refractivity contribution is 5.97. The number of hydrogen-bond acceptors (Lipinski definition) is 3. The molecular formula is C21H26N4O2. The van der Waals surface area contributed by atoms with Crippen LogP contribution in [0.3, 0.4) is 0 Å². The number of anilines is 1. The lowest BCUT2D eigenvalue weighted by molar-refractivity contribution is -0.117. The van der Waals surface area contributed by atoms with Crippen LogP contribution in [0.25, 0.3) is 0 Å². The molecule has 2 unspecified atom stereocenters. The third-order valence-electron chi connectivity index (χ3n) is 4.67. The van der Waals surface area contributed by atoms with E-state index in [1.54, 1.807) is 14.2 Å². The molecule has 1 saturated heterocycles. The highest BCUT2D eigenvalue weighted by Crippen LogP contribution is 2.21. The van der Waals surface area contributed by atoms with Crippen molar-refractivity contribution >= 4 is 17.6 Å². The Morgan fingerprint density at radius 2 is 1.85 bits per heavy atom. The molecule has 0 saturated carbocycles. The topological polar surface area (TPSA) is 66.0 Å². The second kappa shape index (κ2) is 9.19. The molecule has 2 N–H and O–H groups in total. The Morgan fingerprint density at radius 1 is 1.19 bits per heavy atom. The van der Waals surface area contributed by atoms with Gasteiger partial charge in [0.2, 0.25) is 5.91 Å². The molecule has 1 heterocycles. The van der Waals surface area contributed by atoms with Crippen molar-refractivity contribution in [3.8, 4) is 0 Å². The zero-order valence-electron chi connectivity index (χ0n) is 15.8. The maximum atomic E-state index is 12.4. The fraction of sp³-hybridized carbons (Fsp3) is 0.333. The Bertz CT molecular complexity index is 764. The average Bonchev–Trinajstić information content (AvgIpc) is 3.09. The molecule has 6 heteroatoms. The number of carbonyl (C=O) groups is 1. The third-order valence-corrected chi connectivity index (χ3v) is 4.67. The van der Waals surface area contributed by atoms with Gasteiger partial charge < -0.3 is 20.3 Å². The molecule has 1 fully saturated rings. The highest BCUT2D eigenvalue weighted by atomic mass is 16.5. The second-order valence-electron chi connectivity index (χ2n) is 6.47. The van der Waals surface area contributed by atoms with Crippen LogP contribution in [-0.2, 0) is 9.53 Å². The number of ether oxygens (including phenoxy) is 1. The molecule has 6 nitrogen and oxygen atoms in total. The fourth-order valence-corrected chi connectivity index (χ4v) is 3.24. The Hall–Kier alpha value is -2.86. The van der Waals surface area contributed by atoms with Crippen LogP contribution in [0.4, 0.5) is 5.69 Å². The van der Waals surface area contributed by atoms with Crippen molar-refractivity contribution in [3.05, 3.63) is 66.2 Å². The van der Waals surface area contributed by atoms with Gasteiger partial charge in [-0.1, -0.05) is 48.5 Å². The molecule has 0 bridgehead atoms.